The molecule has 0 unspecified atom stereocenters. The molecule has 0 saturated heterocycles. The molecular formula is C30H25ClN2O7S. The highest BCUT2D eigenvalue weighted by Gasteiger charge is 2.33. The van der Waals surface area contributed by atoms with Gasteiger partial charge >= 0.3 is 11.9 Å². The van der Waals surface area contributed by atoms with E-state index in [1.807, 2.05) is 19.1 Å². The Morgan fingerprint density at radius 2 is 1.88 bits per heavy atom. The van der Waals surface area contributed by atoms with Crippen molar-refractivity contribution < 1.29 is 28.6 Å². The standard InChI is InChI=1S/C30H25ClN2O7S/c1-4-38-19-9-6-17(7-10-19)26-25(29(37)39-5-2)16(3)32-30-33(26)27(34)24(41-30)15-20-11-13-23(40-20)18-8-12-22(31)21(14-18)28(35)36/h6-15,26H,4-5H2,1-3H3,(H,35,36)/t26-/m0/s1. The van der Waals surface area contributed by atoms with Crippen LogP contribution >= 0.6 is 22.9 Å². The van der Waals surface area contributed by atoms with E-state index in [4.69, 9.17) is 25.5 Å². The van der Waals surface area contributed by atoms with Crippen LogP contribution in [0.3, 0.4) is 0 Å². The zero-order valence-electron chi connectivity index (χ0n) is 22.3. The normalized spacial score (nSPS) is 14.9. The van der Waals surface area contributed by atoms with E-state index in [0.29, 0.717) is 50.0 Å². The van der Waals surface area contributed by atoms with Crippen LogP contribution in [-0.4, -0.2) is 34.8 Å². The Morgan fingerprint density at radius 1 is 1.12 bits per heavy atom. The fraction of sp³-hybridized carbons (Fsp3) is 0.200. The van der Waals surface area contributed by atoms with Gasteiger partial charge in [0, 0.05) is 11.6 Å². The lowest BCUT2D eigenvalue weighted by Crippen LogP contribution is -2.39. The van der Waals surface area contributed by atoms with Gasteiger partial charge < -0.3 is 19.0 Å². The van der Waals surface area contributed by atoms with Crippen molar-refractivity contribution in [1.82, 2.24) is 4.57 Å². The first kappa shape index (κ1) is 28.1. The number of hydrogen-bond donors (Lipinski definition) is 1. The Kier molecular flexibility index (Phi) is 7.96. The first-order chi connectivity index (χ1) is 19.7. The van der Waals surface area contributed by atoms with Gasteiger partial charge in [0.15, 0.2) is 4.80 Å². The summed E-state index contributed by atoms with van der Waals surface area (Å²) >= 11 is 7.17. The van der Waals surface area contributed by atoms with Gasteiger partial charge in [0.25, 0.3) is 5.56 Å². The van der Waals surface area contributed by atoms with E-state index in [-0.39, 0.29) is 28.3 Å². The number of allylic oxidation sites excluding steroid dienone is 1. The molecule has 0 radical (unpaired) electrons. The molecule has 0 amide bonds. The number of hydrogen-bond acceptors (Lipinski definition) is 8. The van der Waals surface area contributed by atoms with Crippen molar-refractivity contribution in [3.63, 3.8) is 0 Å². The molecule has 41 heavy (non-hydrogen) atoms. The number of rotatable bonds is 8. The highest BCUT2D eigenvalue weighted by molar-refractivity contribution is 7.07. The monoisotopic (exact) mass is 592 g/mol. The predicted octanol–water partition coefficient (Wildman–Crippen LogP) is 4.81. The van der Waals surface area contributed by atoms with Crippen LogP contribution in [0.2, 0.25) is 5.02 Å². The van der Waals surface area contributed by atoms with Crippen LogP contribution in [0.25, 0.3) is 17.4 Å². The number of benzene rings is 2. The molecule has 3 heterocycles. The molecule has 1 aliphatic heterocycles. The van der Waals surface area contributed by atoms with Crippen molar-refractivity contribution >= 4 is 41.0 Å². The molecule has 2 aromatic carbocycles. The molecule has 0 saturated carbocycles. The van der Waals surface area contributed by atoms with E-state index < -0.39 is 18.0 Å². The number of carboxylic acids is 1. The van der Waals surface area contributed by atoms with Crippen LogP contribution < -0.4 is 19.6 Å². The summed E-state index contributed by atoms with van der Waals surface area (Å²) in [5.41, 5.74) is 1.59. The number of furan rings is 1. The highest BCUT2D eigenvalue weighted by Crippen LogP contribution is 2.32. The maximum absolute atomic E-state index is 13.8. The van der Waals surface area contributed by atoms with Gasteiger partial charge in [0.2, 0.25) is 0 Å². The molecule has 0 aliphatic carbocycles. The molecular weight excluding hydrogens is 568 g/mol. The summed E-state index contributed by atoms with van der Waals surface area (Å²) in [5, 5.41) is 9.51. The Labute approximate surface area is 243 Å². The molecule has 11 heteroatoms. The van der Waals surface area contributed by atoms with Crippen molar-refractivity contribution in [2.45, 2.75) is 26.8 Å². The van der Waals surface area contributed by atoms with Crippen LogP contribution in [0.4, 0.5) is 0 Å². The summed E-state index contributed by atoms with van der Waals surface area (Å²) in [6.45, 7) is 6.02. The number of ether oxygens (including phenoxy) is 2. The van der Waals surface area contributed by atoms with Gasteiger partial charge in [-0.05, 0) is 68.8 Å². The third-order valence-electron chi connectivity index (χ3n) is 6.41. The van der Waals surface area contributed by atoms with E-state index >= 15 is 0 Å². The first-order valence-electron chi connectivity index (χ1n) is 12.8. The van der Waals surface area contributed by atoms with Gasteiger partial charge in [-0.1, -0.05) is 35.1 Å². The van der Waals surface area contributed by atoms with Gasteiger partial charge in [-0.15, -0.1) is 0 Å². The van der Waals surface area contributed by atoms with E-state index in [9.17, 15) is 19.5 Å². The van der Waals surface area contributed by atoms with E-state index in [1.165, 1.54) is 28.0 Å². The summed E-state index contributed by atoms with van der Waals surface area (Å²) in [5.74, 6) is -0.218. The molecule has 1 atom stereocenters. The predicted molar refractivity (Wildman–Crippen MR) is 154 cm³/mol. The van der Waals surface area contributed by atoms with Crippen molar-refractivity contribution in [2.24, 2.45) is 4.99 Å². The third-order valence-corrected chi connectivity index (χ3v) is 7.72. The highest BCUT2D eigenvalue weighted by atomic mass is 35.5. The van der Waals surface area contributed by atoms with Crippen molar-refractivity contribution in [1.29, 1.82) is 0 Å². The molecule has 0 fully saturated rings. The zero-order chi connectivity index (χ0) is 29.3. The van der Waals surface area contributed by atoms with Crippen LogP contribution in [0.1, 0.15) is 48.5 Å². The van der Waals surface area contributed by atoms with Crippen molar-refractivity contribution in [3.8, 4) is 17.1 Å². The van der Waals surface area contributed by atoms with Crippen LogP contribution in [0.15, 0.2) is 80.1 Å². The Hall–Kier alpha value is -4.41. The average molecular weight is 593 g/mol. The number of thiazole rings is 1. The van der Waals surface area contributed by atoms with E-state index in [1.54, 1.807) is 50.3 Å². The minimum atomic E-state index is -1.15. The van der Waals surface area contributed by atoms with Gasteiger partial charge in [-0.25, -0.2) is 14.6 Å². The number of carboxylic acid groups (broad SMARTS) is 1. The minimum Gasteiger partial charge on any atom is -0.494 e. The lowest BCUT2D eigenvalue weighted by Gasteiger charge is -2.24. The van der Waals surface area contributed by atoms with Gasteiger partial charge in [-0.3, -0.25) is 9.36 Å². The molecule has 4 aromatic rings. The van der Waals surface area contributed by atoms with E-state index in [2.05, 4.69) is 4.99 Å². The molecule has 5 rings (SSSR count). The molecule has 9 nitrogen and oxygen atoms in total. The summed E-state index contributed by atoms with van der Waals surface area (Å²) in [7, 11) is 0. The number of aromatic nitrogens is 1. The smallest absolute Gasteiger partial charge is 0.338 e. The number of carbonyl (C=O) groups is 2. The summed E-state index contributed by atoms with van der Waals surface area (Å²) in [6.07, 6.45) is 1.60. The molecule has 210 valence electrons. The summed E-state index contributed by atoms with van der Waals surface area (Å²) < 4.78 is 18.7. The van der Waals surface area contributed by atoms with Crippen molar-refractivity contribution in [3.05, 3.63) is 107 Å². The van der Waals surface area contributed by atoms with E-state index in [0.717, 1.165) is 0 Å². The molecule has 0 bridgehead atoms. The van der Waals surface area contributed by atoms with Crippen molar-refractivity contribution in [2.75, 3.05) is 13.2 Å². The lowest BCUT2D eigenvalue weighted by atomic mass is 9.96. The molecule has 2 aromatic heterocycles. The second-order valence-corrected chi connectivity index (χ2v) is 10.4. The van der Waals surface area contributed by atoms with Crippen LogP contribution in [0, 0.1) is 0 Å². The number of halogens is 1. The largest absolute Gasteiger partial charge is 0.494 e. The first-order valence-corrected chi connectivity index (χ1v) is 14.0. The molecule has 0 spiro atoms. The number of esters is 1. The summed E-state index contributed by atoms with van der Waals surface area (Å²) in [4.78, 5) is 43.4. The zero-order valence-corrected chi connectivity index (χ0v) is 23.9. The third kappa shape index (κ3) is 5.48. The maximum Gasteiger partial charge on any atom is 0.338 e. The second-order valence-electron chi connectivity index (χ2n) is 9.01. The van der Waals surface area contributed by atoms with Crippen LogP contribution in [0.5, 0.6) is 5.75 Å². The molecule has 1 N–H and O–H groups in total. The topological polar surface area (TPSA) is 120 Å². The quantitative estimate of drug-likeness (QED) is 0.292. The van der Waals surface area contributed by atoms with Gasteiger partial charge in [0.05, 0.1) is 45.6 Å². The maximum atomic E-state index is 13.8. The Morgan fingerprint density at radius 3 is 2.56 bits per heavy atom. The number of nitrogens with zero attached hydrogens (tertiary/aromatic N) is 2. The fourth-order valence-electron chi connectivity index (χ4n) is 4.58. The second kappa shape index (κ2) is 11.6. The summed E-state index contributed by atoms with van der Waals surface area (Å²) in [6, 6.07) is 14.4. The minimum absolute atomic E-state index is 0.0440. The Bertz CT molecular complexity index is 1870. The van der Waals surface area contributed by atoms with Gasteiger partial charge in [0.1, 0.15) is 17.3 Å². The SMILES string of the molecule is CCOC(=O)C1=C(C)N=c2sc(=Cc3ccc(-c4ccc(Cl)c(C(=O)O)c4)o3)c(=O)n2[C@H]1c1ccc(OCC)cc1. The van der Waals surface area contributed by atoms with Gasteiger partial charge in [-0.2, -0.15) is 0 Å². The number of carbonyl (C=O) groups excluding carboxylic acids is 1. The average Bonchev–Trinajstić information content (AvgIpc) is 3.53. The Balaban J connectivity index is 1.60. The van der Waals surface area contributed by atoms with Crippen LogP contribution in [-0.2, 0) is 9.53 Å². The number of aromatic carboxylic acids is 1. The fourth-order valence-corrected chi connectivity index (χ4v) is 5.80. The lowest BCUT2D eigenvalue weighted by molar-refractivity contribution is -0.139. The molecule has 1 aliphatic rings. The number of fused-ring (bicyclic) bond motifs is 1.